The van der Waals surface area contributed by atoms with Crippen molar-refractivity contribution >= 4 is 35.6 Å². The molecule has 0 amide bonds. The van der Waals surface area contributed by atoms with Gasteiger partial charge in [0.05, 0.1) is 6.04 Å². The molecule has 5 aromatic rings. The SMILES string of the molecule is Cc1cccc(P(c2ccccc2)c2ccccc2)c1N(C/C=C/c1ccccc1)[C@@H](C)c1ccccc1. The largest absolute Gasteiger partial charge is 0.360 e. The van der Waals surface area contributed by atoms with E-state index in [0.717, 1.165) is 6.54 Å². The van der Waals surface area contributed by atoms with E-state index in [0.29, 0.717) is 0 Å². The summed E-state index contributed by atoms with van der Waals surface area (Å²) < 4.78 is 0. The van der Waals surface area contributed by atoms with Crippen LogP contribution in [0.15, 0.2) is 146 Å². The molecule has 5 rings (SSSR count). The molecule has 1 nitrogen and oxygen atoms in total. The van der Waals surface area contributed by atoms with Crippen molar-refractivity contribution in [2.24, 2.45) is 0 Å². The summed E-state index contributed by atoms with van der Waals surface area (Å²) in [6.45, 7) is 5.40. The van der Waals surface area contributed by atoms with Gasteiger partial charge in [0.2, 0.25) is 0 Å². The Balaban J connectivity index is 1.65. The molecule has 0 aliphatic rings. The van der Waals surface area contributed by atoms with Crippen molar-refractivity contribution in [3.8, 4) is 0 Å². The standard InChI is InChI=1S/C36H34NP/c1-29-17-15-27-35(38(33-23-11-5-12-24-33)34-25-13-6-14-26-34)36(29)37(30(2)32-21-9-4-10-22-32)28-16-20-31-18-7-3-8-19-31/h3-27,30H,28H2,1-2H3/b20-16+/t30-/m0/s1. The Labute approximate surface area is 228 Å². The Morgan fingerprint density at radius 2 is 1.16 bits per heavy atom. The molecule has 0 saturated heterocycles. The summed E-state index contributed by atoms with van der Waals surface area (Å²) in [5.74, 6) is 0. The first-order chi connectivity index (χ1) is 18.7. The minimum atomic E-state index is -0.734. The van der Waals surface area contributed by atoms with Crippen molar-refractivity contribution in [1.82, 2.24) is 0 Å². The first-order valence-electron chi connectivity index (χ1n) is 13.3. The zero-order valence-corrected chi connectivity index (χ0v) is 23.0. The number of hydrogen-bond acceptors (Lipinski definition) is 1. The Morgan fingerprint density at radius 1 is 0.632 bits per heavy atom. The Morgan fingerprint density at radius 3 is 1.74 bits per heavy atom. The first kappa shape index (κ1) is 25.7. The lowest BCUT2D eigenvalue weighted by Gasteiger charge is -2.36. The minimum absolute atomic E-state index is 0.208. The molecule has 1 atom stereocenters. The fourth-order valence-corrected chi connectivity index (χ4v) is 7.55. The highest BCUT2D eigenvalue weighted by atomic mass is 31.1. The molecular weight excluding hydrogens is 477 g/mol. The highest BCUT2D eigenvalue weighted by molar-refractivity contribution is 7.80. The number of aryl methyl sites for hydroxylation is 1. The topological polar surface area (TPSA) is 3.24 Å². The lowest BCUT2D eigenvalue weighted by molar-refractivity contribution is 0.709. The molecule has 0 spiro atoms. The monoisotopic (exact) mass is 511 g/mol. The van der Waals surface area contributed by atoms with Crippen LogP contribution in [0.1, 0.15) is 29.7 Å². The zero-order chi connectivity index (χ0) is 26.2. The van der Waals surface area contributed by atoms with Crippen molar-refractivity contribution in [1.29, 1.82) is 0 Å². The van der Waals surface area contributed by atoms with E-state index < -0.39 is 7.92 Å². The lowest BCUT2D eigenvalue weighted by Crippen LogP contribution is -2.34. The molecule has 0 aliphatic heterocycles. The summed E-state index contributed by atoms with van der Waals surface area (Å²) in [5, 5.41) is 4.13. The number of hydrogen-bond donors (Lipinski definition) is 0. The third-order valence-corrected chi connectivity index (χ3v) is 9.41. The second-order valence-corrected chi connectivity index (χ2v) is 11.7. The Kier molecular flexibility index (Phi) is 8.49. The normalized spacial score (nSPS) is 12.1. The summed E-state index contributed by atoms with van der Waals surface area (Å²) in [7, 11) is -0.734. The van der Waals surface area contributed by atoms with Crippen LogP contribution in [0.4, 0.5) is 5.69 Å². The van der Waals surface area contributed by atoms with Gasteiger partial charge in [0.1, 0.15) is 0 Å². The van der Waals surface area contributed by atoms with Gasteiger partial charge in [-0.1, -0.05) is 152 Å². The molecule has 0 fully saturated rings. The summed E-state index contributed by atoms with van der Waals surface area (Å²) >= 11 is 0. The number of rotatable bonds is 9. The van der Waals surface area contributed by atoms with Crippen LogP contribution >= 0.6 is 7.92 Å². The Bertz CT molecular complexity index is 1410. The molecule has 0 saturated carbocycles. The van der Waals surface area contributed by atoms with Crippen molar-refractivity contribution in [2.45, 2.75) is 19.9 Å². The second kappa shape index (κ2) is 12.5. The predicted molar refractivity (Wildman–Crippen MR) is 168 cm³/mol. The zero-order valence-electron chi connectivity index (χ0n) is 22.1. The van der Waals surface area contributed by atoms with E-state index in [-0.39, 0.29) is 6.04 Å². The number of nitrogens with zero attached hydrogens (tertiary/aromatic N) is 1. The molecule has 0 bridgehead atoms. The predicted octanol–water partition coefficient (Wildman–Crippen LogP) is 8.03. The quantitative estimate of drug-likeness (QED) is 0.181. The molecule has 0 unspecified atom stereocenters. The molecule has 38 heavy (non-hydrogen) atoms. The van der Waals surface area contributed by atoms with Gasteiger partial charge in [-0.25, -0.2) is 0 Å². The van der Waals surface area contributed by atoms with E-state index in [1.165, 1.54) is 38.3 Å². The highest BCUT2D eigenvalue weighted by Gasteiger charge is 2.26. The van der Waals surface area contributed by atoms with Gasteiger partial charge in [0.15, 0.2) is 0 Å². The smallest absolute Gasteiger partial charge is 0.0518 e. The maximum absolute atomic E-state index is 2.58. The van der Waals surface area contributed by atoms with Crippen LogP contribution < -0.4 is 20.8 Å². The summed E-state index contributed by atoms with van der Waals surface area (Å²) in [5.41, 5.74) is 5.18. The van der Waals surface area contributed by atoms with E-state index in [1.807, 2.05) is 0 Å². The summed E-state index contributed by atoms with van der Waals surface area (Å²) in [6, 6.07) is 50.5. The van der Waals surface area contributed by atoms with Gasteiger partial charge in [0.25, 0.3) is 0 Å². The lowest BCUT2D eigenvalue weighted by atomic mass is 10.0. The maximum atomic E-state index is 2.58. The number of benzene rings is 5. The van der Waals surface area contributed by atoms with Crippen LogP contribution in [0.3, 0.4) is 0 Å². The fourth-order valence-electron chi connectivity index (χ4n) is 5.00. The molecular formula is C36H34NP. The average Bonchev–Trinajstić information content (AvgIpc) is 2.98. The van der Waals surface area contributed by atoms with Crippen LogP contribution in [0.25, 0.3) is 6.08 Å². The van der Waals surface area contributed by atoms with Crippen LogP contribution in [-0.2, 0) is 0 Å². The van der Waals surface area contributed by atoms with Crippen LogP contribution in [0.5, 0.6) is 0 Å². The van der Waals surface area contributed by atoms with Gasteiger partial charge < -0.3 is 4.90 Å². The van der Waals surface area contributed by atoms with Gasteiger partial charge in [0, 0.05) is 17.5 Å². The molecule has 0 heterocycles. The summed E-state index contributed by atoms with van der Waals surface area (Å²) in [6.07, 6.45) is 4.54. The first-order valence-corrected chi connectivity index (χ1v) is 14.6. The van der Waals surface area contributed by atoms with Crippen molar-refractivity contribution < 1.29 is 0 Å². The molecule has 0 N–H and O–H groups in total. The number of anilines is 1. The van der Waals surface area contributed by atoms with E-state index in [1.54, 1.807) is 0 Å². The maximum Gasteiger partial charge on any atom is 0.0518 e. The van der Waals surface area contributed by atoms with Crippen molar-refractivity contribution in [3.63, 3.8) is 0 Å². The minimum Gasteiger partial charge on any atom is -0.360 e. The fraction of sp³-hybridized carbons (Fsp3) is 0.111. The van der Waals surface area contributed by atoms with Gasteiger partial charge in [-0.05, 0) is 49.1 Å². The molecule has 188 valence electrons. The molecule has 5 aromatic carbocycles. The second-order valence-electron chi connectivity index (χ2n) is 9.50. The van der Waals surface area contributed by atoms with Gasteiger partial charge in [-0.2, -0.15) is 0 Å². The third-order valence-electron chi connectivity index (χ3n) is 6.93. The van der Waals surface area contributed by atoms with E-state index in [9.17, 15) is 0 Å². The number of para-hydroxylation sites is 1. The average molecular weight is 512 g/mol. The van der Waals surface area contributed by atoms with E-state index >= 15 is 0 Å². The third kappa shape index (κ3) is 5.96. The van der Waals surface area contributed by atoms with Gasteiger partial charge >= 0.3 is 0 Å². The molecule has 0 aliphatic carbocycles. The van der Waals surface area contributed by atoms with E-state index in [2.05, 4.69) is 170 Å². The van der Waals surface area contributed by atoms with E-state index in [4.69, 9.17) is 0 Å². The van der Waals surface area contributed by atoms with Gasteiger partial charge in [-0.15, -0.1) is 0 Å². The molecule has 2 heteroatoms. The molecule has 0 radical (unpaired) electrons. The van der Waals surface area contributed by atoms with Crippen LogP contribution in [0, 0.1) is 6.92 Å². The highest BCUT2D eigenvalue weighted by Crippen LogP contribution is 2.40. The molecule has 0 aromatic heterocycles. The van der Waals surface area contributed by atoms with Gasteiger partial charge in [-0.3, -0.25) is 0 Å². The summed E-state index contributed by atoms with van der Waals surface area (Å²) in [4.78, 5) is 2.58. The van der Waals surface area contributed by atoms with Crippen molar-refractivity contribution in [2.75, 3.05) is 11.4 Å². The van der Waals surface area contributed by atoms with Crippen LogP contribution in [0.2, 0.25) is 0 Å². The van der Waals surface area contributed by atoms with Crippen molar-refractivity contribution in [3.05, 3.63) is 162 Å². The van der Waals surface area contributed by atoms with Crippen LogP contribution in [-0.4, -0.2) is 6.54 Å². The Hall–Kier alpha value is -3.93.